The van der Waals surface area contributed by atoms with Gasteiger partial charge in [0.1, 0.15) is 0 Å². The van der Waals surface area contributed by atoms with E-state index in [0.29, 0.717) is 6.04 Å². The van der Waals surface area contributed by atoms with Gasteiger partial charge in [0.2, 0.25) is 0 Å². The first-order valence-electron chi connectivity index (χ1n) is 10.6. The minimum Gasteiger partial charge on any atom is -0.478 e. The highest BCUT2D eigenvalue weighted by Crippen LogP contribution is 2.48. The third kappa shape index (κ3) is 3.75. The van der Waals surface area contributed by atoms with Crippen LogP contribution in [-0.2, 0) is 6.42 Å². The van der Waals surface area contributed by atoms with Gasteiger partial charge in [-0.3, -0.25) is 0 Å². The first kappa shape index (κ1) is 21.6. The molecule has 3 aromatic rings. The summed E-state index contributed by atoms with van der Waals surface area (Å²) in [6.07, 6.45) is 0.881. The van der Waals surface area contributed by atoms with Crippen LogP contribution in [0.4, 0.5) is 5.69 Å². The first-order valence-corrected chi connectivity index (χ1v) is 10.6. The van der Waals surface area contributed by atoms with Crippen LogP contribution in [-0.4, -0.2) is 35.2 Å². The predicted molar refractivity (Wildman–Crippen MR) is 127 cm³/mol. The van der Waals surface area contributed by atoms with Crippen molar-refractivity contribution in [3.05, 3.63) is 77.4 Å². The monoisotopic (exact) mass is 429 g/mol. The Morgan fingerprint density at radius 1 is 0.781 bits per heavy atom. The Kier molecular flexibility index (Phi) is 5.29. The second kappa shape index (κ2) is 7.83. The smallest absolute Gasteiger partial charge is 0.335 e. The maximum Gasteiger partial charge on any atom is 0.335 e. The van der Waals surface area contributed by atoms with Crippen LogP contribution in [0.5, 0.6) is 0 Å². The van der Waals surface area contributed by atoms with Gasteiger partial charge in [0.05, 0.1) is 11.1 Å². The lowest BCUT2D eigenvalue weighted by molar-refractivity contribution is 0.0686. The highest BCUT2D eigenvalue weighted by molar-refractivity contribution is 5.92. The van der Waals surface area contributed by atoms with Gasteiger partial charge in [-0.15, -0.1) is 0 Å². The highest BCUT2D eigenvalue weighted by atomic mass is 16.4. The fraction of sp³-hybridized carbons (Fsp3) is 0.259. The molecule has 0 fully saturated rings. The van der Waals surface area contributed by atoms with Crippen molar-refractivity contribution in [2.75, 3.05) is 11.9 Å². The Hall–Kier alpha value is -3.60. The Balaban J connectivity index is 1.87. The van der Waals surface area contributed by atoms with E-state index in [-0.39, 0.29) is 16.5 Å². The molecule has 0 aromatic heterocycles. The predicted octanol–water partition coefficient (Wildman–Crippen LogP) is 5.82. The van der Waals surface area contributed by atoms with Crippen LogP contribution in [0.25, 0.3) is 22.3 Å². The molecule has 0 spiro atoms. The number of anilines is 1. The number of hydrogen-bond donors (Lipinski definition) is 2. The molecular weight excluding hydrogens is 402 g/mol. The summed E-state index contributed by atoms with van der Waals surface area (Å²) in [5.74, 6) is -1.87. The van der Waals surface area contributed by atoms with Crippen molar-refractivity contribution in [2.45, 2.75) is 33.2 Å². The maximum atomic E-state index is 11.3. The molecule has 2 N–H and O–H groups in total. The van der Waals surface area contributed by atoms with Gasteiger partial charge >= 0.3 is 11.9 Å². The van der Waals surface area contributed by atoms with Crippen LogP contribution >= 0.6 is 0 Å². The van der Waals surface area contributed by atoms with E-state index in [0.717, 1.165) is 34.4 Å². The summed E-state index contributed by atoms with van der Waals surface area (Å²) in [5, 5.41) is 18.5. The summed E-state index contributed by atoms with van der Waals surface area (Å²) in [7, 11) is 2.12. The van der Waals surface area contributed by atoms with Crippen molar-refractivity contribution in [3.8, 4) is 22.3 Å². The van der Waals surface area contributed by atoms with Crippen LogP contribution in [0.3, 0.4) is 0 Å². The topological polar surface area (TPSA) is 77.8 Å². The van der Waals surface area contributed by atoms with Crippen molar-refractivity contribution in [1.82, 2.24) is 0 Å². The van der Waals surface area contributed by atoms with Gasteiger partial charge in [-0.2, -0.15) is 0 Å². The summed E-state index contributed by atoms with van der Waals surface area (Å²) in [5.41, 5.74) is 7.10. The van der Waals surface area contributed by atoms with E-state index in [4.69, 9.17) is 0 Å². The summed E-state index contributed by atoms with van der Waals surface area (Å²) in [4.78, 5) is 24.9. The number of hydrogen-bond acceptors (Lipinski definition) is 3. The van der Waals surface area contributed by atoms with Crippen molar-refractivity contribution in [3.63, 3.8) is 0 Å². The molecule has 4 rings (SSSR count). The van der Waals surface area contributed by atoms with E-state index in [2.05, 4.69) is 44.9 Å². The number of rotatable bonds is 4. The number of fused-ring (bicyclic) bond motifs is 1. The van der Waals surface area contributed by atoms with E-state index >= 15 is 0 Å². The van der Waals surface area contributed by atoms with Crippen molar-refractivity contribution in [2.24, 2.45) is 5.41 Å². The van der Waals surface area contributed by atoms with Crippen LogP contribution < -0.4 is 4.90 Å². The molecule has 0 aliphatic carbocycles. The van der Waals surface area contributed by atoms with Gasteiger partial charge in [0, 0.05) is 24.3 Å². The molecule has 0 radical (unpaired) electrons. The minimum atomic E-state index is -0.938. The van der Waals surface area contributed by atoms with Crippen molar-refractivity contribution in [1.29, 1.82) is 0 Å². The van der Waals surface area contributed by atoms with E-state index in [1.165, 1.54) is 5.56 Å². The van der Waals surface area contributed by atoms with E-state index in [9.17, 15) is 19.8 Å². The Morgan fingerprint density at radius 3 is 1.66 bits per heavy atom. The molecule has 5 heteroatoms. The van der Waals surface area contributed by atoms with Crippen molar-refractivity contribution < 1.29 is 19.8 Å². The fourth-order valence-electron chi connectivity index (χ4n) is 4.71. The number of aromatic carboxylic acids is 2. The molecule has 5 nitrogen and oxygen atoms in total. The van der Waals surface area contributed by atoms with Crippen molar-refractivity contribution >= 4 is 17.6 Å². The zero-order valence-electron chi connectivity index (χ0n) is 18.7. The molecule has 0 saturated carbocycles. The van der Waals surface area contributed by atoms with Gasteiger partial charge in [-0.25, -0.2) is 9.59 Å². The van der Waals surface area contributed by atoms with E-state index in [1.807, 2.05) is 24.3 Å². The number of likely N-dealkylation sites (N-methyl/N-ethyl adjacent to an activating group) is 1. The zero-order chi connectivity index (χ0) is 23.2. The van der Waals surface area contributed by atoms with Crippen LogP contribution in [0.2, 0.25) is 0 Å². The molecule has 0 bridgehead atoms. The number of carbonyl (C=O) groups is 2. The van der Waals surface area contributed by atoms with E-state index < -0.39 is 11.9 Å². The largest absolute Gasteiger partial charge is 0.478 e. The average molecular weight is 430 g/mol. The number of carboxylic acid groups (broad SMARTS) is 2. The quantitative estimate of drug-likeness (QED) is 0.546. The zero-order valence-corrected chi connectivity index (χ0v) is 18.7. The SMILES string of the molecule is CN1c2c(-c3ccc(C(=O)O)cc3)ccc(-c3ccc(C(=O)O)cc3)c2CC1C(C)(C)C. The summed E-state index contributed by atoms with van der Waals surface area (Å²) in [6.45, 7) is 6.72. The van der Waals surface area contributed by atoms with Gasteiger partial charge in [0.25, 0.3) is 0 Å². The van der Waals surface area contributed by atoms with Gasteiger partial charge in [0.15, 0.2) is 0 Å². The first-order chi connectivity index (χ1) is 15.1. The Labute approximate surface area is 187 Å². The second-order valence-electron chi connectivity index (χ2n) is 9.45. The molecule has 32 heavy (non-hydrogen) atoms. The third-order valence-corrected chi connectivity index (χ3v) is 6.39. The minimum absolute atomic E-state index is 0.0582. The number of carboxylic acids is 2. The average Bonchev–Trinajstić information content (AvgIpc) is 3.11. The molecule has 0 amide bonds. The number of benzene rings is 3. The maximum absolute atomic E-state index is 11.3. The van der Waals surface area contributed by atoms with Gasteiger partial charge in [-0.1, -0.05) is 57.2 Å². The molecule has 164 valence electrons. The van der Waals surface area contributed by atoms with Gasteiger partial charge in [-0.05, 0) is 58.4 Å². The third-order valence-electron chi connectivity index (χ3n) is 6.39. The van der Waals surface area contributed by atoms with Crippen LogP contribution in [0.15, 0.2) is 60.7 Å². The molecule has 1 aliphatic rings. The lowest BCUT2D eigenvalue weighted by Gasteiger charge is -2.34. The molecule has 1 heterocycles. The highest BCUT2D eigenvalue weighted by Gasteiger charge is 2.38. The Morgan fingerprint density at radius 2 is 1.22 bits per heavy atom. The summed E-state index contributed by atoms with van der Waals surface area (Å²) >= 11 is 0. The normalized spacial score (nSPS) is 15.5. The molecule has 3 aromatic carbocycles. The van der Waals surface area contributed by atoms with E-state index in [1.54, 1.807) is 24.3 Å². The summed E-state index contributed by atoms with van der Waals surface area (Å²) in [6, 6.07) is 18.5. The lowest BCUT2D eigenvalue weighted by Crippen LogP contribution is -2.39. The Bertz CT molecular complexity index is 1190. The summed E-state index contributed by atoms with van der Waals surface area (Å²) < 4.78 is 0. The van der Waals surface area contributed by atoms with Crippen LogP contribution in [0, 0.1) is 5.41 Å². The van der Waals surface area contributed by atoms with Gasteiger partial charge < -0.3 is 15.1 Å². The lowest BCUT2D eigenvalue weighted by atomic mass is 9.83. The standard InChI is InChI=1S/C27H27NO4/c1-27(2,3)23-15-22-20(16-5-9-18(10-6-16)25(29)30)13-14-21(24(22)28(23)4)17-7-11-19(12-8-17)26(31)32/h5-14,23H,15H2,1-4H3,(H,29,30)(H,31,32). The molecule has 0 saturated heterocycles. The second-order valence-corrected chi connectivity index (χ2v) is 9.45. The number of nitrogens with zero attached hydrogens (tertiary/aromatic N) is 1. The molecule has 1 unspecified atom stereocenters. The fourth-order valence-corrected chi connectivity index (χ4v) is 4.71. The molecule has 1 aliphatic heterocycles. The van der Waals surface area contributed by atoms with Crippen LogP contribution in [0.1, 0.15) is 47.1 Å². The molecular formula is C27H27NO4. The molecule has 1 atom stereocenters.